The second-order valence-electron chi connectivity index (χ2n) is 9.16. The maximum atomic E-state index is 13.2. The van der Waals surface area contributed by atoms with E-state index < -0.39 is 35.9 Å². The highest BCUT2D eigenvalue weighted by Gasteiger charge is 2.37. The predicted molar refractivity (Wildman–Crippen MR) is 130 cm³/mol. The molecule has 2 amide bonds. The van der Waals surface area contributed by atoms with Crippen LogP contribution in [-0.4, -0.2) is 49.4 Å². The van der Waals surface area contributed by atoms with Gasteiger partial charge in [-0.1, -0.05) is 5.92 Å². The van der Waals surface area contributed by atoms with E-state index in [0.717, 1.165) is 4.68 Å². The third-order valence-electron chi connectivity index (χ3n) is 6.42. The van der Waals surface area contributed by atoms with Gasteiger partial charge in [0.1, 0.15) is 17.1 Å². The van der Waals surface area contributed by atoms with Crippen molar-refractivity contribution in [2.75, 3.05) is 18.8 Å². The first-order chi connectivity index (χ1) is 18.7. The molecule has 3 aromatic rings. The Bertz CT molecular complexity index is 1470. The lowest BCUT2D eigenvalue weighted by Gasteiger charge is -2.31. The maximum Gasteiger partial charge on any atom is 0.416 e. The lowest BCUT2D eigenvalue weighted by atomic mass is 10.0. The molecule has 0 aliphatic carbocycles. The van der Waals surface area contributed by atoms with Gasteiger partial charge < -0.3 is 16.4 Å². The van der Waals surface area contributed by atoms with Crippen molar-refractivity contribution in [2.45, 2.75) is 44.7 Å². The summed E-state index contributed by atoms with van der Waals surface area (Å²) in [6.45, 7) is 1.90. The minimum absolute atomic E-state index is 0.0129. The molecule has 1 aliphatic heterocycles. The molecule has 212 valence electrons. The van der Waals surface area contributed by atoms with Crippen molar-refractivity contribution >= 4 is 17.6 Å². The molecule has 0 saturated carbocycles. The number of rotatable bonds is 5. The third kappa shape index (κ3) is 5.90. The quantitative estimate of drug-likeness (QED) is 0.359. The van der Waals surface area contributed by atoms with Crippen molar-refractivity contribution < 1.29 is 35.9 Å². The average Bonchev–Trinajstić information content (AvgIpc) is 3.47. The summed E-state index contributed by atoms with van der Waals surface area (Å²) in [4.78, 5) is 25.9. The summed E-state index contributed by atoms with van der Waals surface area (Å²) < 4.78 is 81.9. The van der Waals surface area contributed by atoms with Gasteiger partial charge in [0, 0.05) is 24.8 Å². The number of primary amides is 1. The Morgan fingerprint density at radius 2 is 1.65 bits per heavy atom. The molecule has 0 radical (unpaired) electrons. The number of halogens is 6. The largest absolute Gasteiger partial charge is 0.416 e. The Morgan fingerprint density at radius 3 is 2.17 bits per heavy atom. The van der Waals surface area contributed by atoms with Gasteiger partial charge in [0.05, 0.1) is 29.9 Å². The number of hydrogen-bond donors (Lipinski definition) is 2. The monoisotopic (exact) mass is 567 g/mol. The molecule has 0 bridgehead atoms. The van der Waals surface area contributed by atoms with Crippen LogP contribution in [0, 0.1) is 11.8 Å². The smallest absolute Gasteiger partial charge is 0.383 e. The molecule has 4 rings (SSSR count). The van der Waals surface area contributed by atoms with Crippen LogP contribution in [0.1, 0.15) is 52.9 Å². The van der Waals surface area contributed by atoms with Crippen LogP contribution in [0.15, 0.2) is 30.6 Å². The molecule has 0 unspecified atom stereocenters. The second kappa shape index (κ2) is 10.6. The fraction of sp³-hybridized carbons (Fsp3) is 0.360. The highest BCUT2D eigenvalue weighted by atomic mass is 19.4. The molecule has 4 N–H and O–H groups in total. The third-order valence-corrected chi connectivity index (χ3v) is 6.42. The van der Waals surface area contributed by atoms with Crippen LogP contribution in [0.5, 0.6) is 0 Å². The van der Waals surface area contributed by atoms with Crippen LogP contribution in [0.4, 0.5) is 32.2 Å². The van der Waals surface area contributed by atoms with Crippen LogP contribution in [0.3, 0.4) is 0 Å². The van der Waals surface area contributed by atoms with E-state index in [1.54, 1.807) is 11.8 Å². The minimum Gasteiger partial charge on any atom is -0.383 e. The van der Waals surface area contributed by atoms with Gasteiger partial charge in [0.2, 0.25) is 0 Å². The highest BCUT2D eigenvalue weighted by Crippen LogP contribution is 2.37. The fourth-order valence-corrected chi connectivity index (χ4v) is 4.54. The van der Waals surface area contributed by atoms with Gasteiger partial charge in [-0.05, 0) is 49.4 Å². The van der Waals surface area contributed by atoms with Gasteiger partial charge in [-0.2, -0.15) is 36.5 Å². The summed E-state index contributed by atoms with van der Waals surface area (Å²) in [5.41, 5.74) is 8.79. The SMILES string of the molecule is CC#CC(=O)N1CCC(n2nc(-c3cnn(Cc4cc(C(F)(F)F)cc(C(F)(F)F)c4)c3)c(C(N)=O)c2N)CC1. The molecule has 15 heteroatoms. The summed E-state index contributed by atoms with van der Waals surface area (Å²) in [7, 11) is 0. The van der Waals surface area contributed by atoms with E-state index in [4.69, 9.17) is 11.5 Å². The van der Waals surface area contributed by atoms with E-state index in [2.05, 4.69) is 22.0 Å². The molecular weight excluding hydrogens is 544 g/mol. The zero-order valence-electron chi connectivity index (χ0n) is 21.0. The minimum atomic E-state index is -4.99. The number of nitrogen functional groups attached to an aromatic ring is 1. The van der Waals surface area contributed by atoms with Crippen LogP contribution < -0.4 is 11.5 Å². The van der Waals surface area contributed by atoms with Crippen LogP contribution >= 0.6 is 0 Å². The first kappa shape index (κ1) is 28.5. The number of amides is 2. The van der Waals surface area contributed by atoms with Gasteiger partial charge in [-0.3, -0.25) is 14.3 Å². The summed E-state index contributed by atoms with van der Waals surface area (Å²) in [5.74, 6) is 3.84. The number of nitrogens with two attached hydrogens (primary N) is 2. The van der Waals surface area contributed by atoms with E-state index in [1.165, 1.54) is 17.1 Å². The van der Waals surface area contributed by atoms with Gasteiger partial charge in [0.15, 0.2) is 0 Å². The van der Waals surface area contributed by atoms with Crippen LogP contribution in [-0.2, 0) is 23.7 Å². The number of nitrogens with zero attached hydrogens (tertiary/aromatic N) is 5. The van der Waals surface area contributed by atoms with Crippen molar-refractivity contribution in [3.8, 4) is 23.1 Å². The summed E-state index contributed by atoms with van der Waals surface area (Å²) in [6.07, 6.45) is -6.47. The van der Waals surface area contributed by atoms with Crippen molar-refractivity contribution in [1.29, 1.82) is 0 Å². The zero-order chi connectivity index (χ0) is 29.4. The lowest BCUT2D eigenvalue weighted by molar-refractivity contribution is -0.143. The van der Waals surface area contributed by atoms with Crippen molar-refractivity contribution in [2.24, 2.45) is 5.73 Å². The first-order valence-corrected chi connectivity index (χ1v) is 11.9. The zero-order valence-corrected chi connectivity index (χ0v) is 21.0. The van der Waals surface area contributed by atoms with Crippen LogP contribution in [0.25, 0.3) is 11.3 Å². The molecule has 0 spiro atoms. The molecule has 3 heterocycles. The molecule has 1 saturated heterocycles. The van der Waals surface area contributed by atoms with E-state index in [1.807, 2.05) is 0 Å². The van der Waals surface area contributed by atoms with Crippen LogP contribution in [0.2, 0.25) is 0 Å². The molecule has 1 fully saturated rings. The number of carbonyl (C=O) groups is 2. The Kier molecular flexibility index (Phi) is 7.55. The molecular formula is C25H23F6N7O2. The Hall–Kier alpha value is -4.48. The fourth-order valence-electron chi connectivity index (χ4n) is 4.54. The molecule has 40 heavy (non-hydrogen) atoms. The van der Waals surface area contributed by atoms with Crippen molar-refractivity contribution in [3.63, 3.8) is 0 Å². The molecule has 1 aliphatic rings. The molecule has 1 aromatic carbocycles. The van der Waals surface area contributed by atoms with Gasteiger partial charge in [-0.25, -0.2) is 4.68 Å². The number of piperidine rings is 1. The summed E-state index contributed by atoms with van der Waals surface area (Å²) in [5, 5.41) is 8.48. The number of alkyl halides is 6. The molecule has 9 nitrogen and oxygen atoms in total. The van der Waals surface area contributed by atoms with Gasteiger partial charge in [0.25, 0.3) is 11.8 Å². The summed E-state index contributed by atoms with van der Waals surface area (Å²) >= 11 is 0. The standard InChI is InChI=1S/C25H23F6N7O2/c1-2-3-19(39)36-6-4-18(5-7-36)38-22(32)20(23(33)40)21(35-38)15-11-34-37(13-15)12-14-8-16(24(26,27)28)10-17(9-14)25(29,30)31/h8-11,13,18H,4-7,12,32H2,1H3,(H2,33,40). The van der Waals surface area contributed by atoms with Crippen molar-refractivity contribution in [3.05, 3.63) is 52.8 Å². The first-order valence-electron chi connectivity index (χ1n) is 11.9. The van der Waals surface area contributed by atoms with E-state index in [-0.39, 0.29) is 46.2 Å². The number of hydrogen-bond acceptors (Lipinski definition) is 5. The van der Waals surface area contributed by atoms with E-state index >= 15 is 0 Å². The van der Waals surface area contributed by atoms with Gasteiger partial charge in [-0.15, -0.1) is 0 Å². The number of likely N-dealkylation sites (tertiary alicyclic amines) is 1. The number of benzene rings is 1. The Balaban J connectivity index is 1.62. The molecule has 2 aromatic heterocycles. The van der Waals surface area contributed by atoms with Crippen molar-refractivity contribution in [1.82, 2.24) is 24.5 Å². The number of aromatic nitrogens is 4. The average molecular weight is 567 g/mol. The Morgan fingerprint density at radius 1 is 1.05 bits per heavy atom. The topological polar surface area (TPSA) is 125 Å². The van der Waals surface area contributed by atoms with Gasteiger partial charge >= 0.3 is 12.4 Å². The summed E-state index contributed by atoms with van der Waals surface area (Å²) in [6, 6.07) is 0.999. The number of anilines is 1. The normalized spacial score (nSPS) is 14.6. The van der Waals surface area contributed by atoms with E-state index in [0.29, 0.717) is 38.1 Å². The second-order valence-corrected chi connectivity index (χ2v) is 9.16. The predicted octanol–water partition coefficient (Wildman–Crippen LogP) is 3.70. The Labute approximate surface area is 223 Å². The highest BCUT2D eigenvalue weighted by molar-refractivity contribution is 6.03. The van der Waals surface area contributed by atoms with E-state index in [9.17, 15) is 35.9 Å². The maximum absolute atomic E-state index is 13.2. The molecule has 0 atom stereocenters. The lowest BCUT2D eigenvalue weighted by Crippen LogP contribution is -2.38. The number of carbonyl (C=O) groups excluding carboxylic acids is 2.